The predicted octanol–water partition coefficient (Wildman–Crippen LogP) is 1.57. The molecular formula is C10H14N2O2. The average molecular weight is 194 g/mol. The Balaban J connectivity index is 2.68. The molecule has 0 aromatic heterocycles. The van der Waals surface area contributed by atoms with Crippen LogP contribution in [0.1, 0.15) is 5.56 Å². The molecule has 0 spiro atoms. The van der Waals surface area contributed by atoms with E-state index in [1.165, 1.54) is 0 Å². The van der Waals surface area contributed by atoms with Crippen molar-refractivity contribution in [1.29, 1.82) is 0 Å². The highest BCUT2D eigenvalue weighted by Crippen LogP contribution is 2.13. The summed E-state index contributed by atoms with van der Waals surface area (Å²) in [4.78, 5) is 11.9. The van der Waals surface area contributed by atoms with Crippen LogP contribution in [0.25, 0.3) is 0 Å². The first-order valence-corrected chi connectivity index (χ1v) is 4.47. The largest absolute Gasteiger partial charge is 0.378 e. The zero-order chi connectivity index (χ0) is 10.6. The average Bonchev–Trinajstić information content (AvgIpc) is 2.15. The SMILES string of the molecule is CN(C)c1cccc(CC[N+](=O)[O-])c1. The summed E-state index contributed by atoms with van der Waals surface area (Å²) in [6, 6.07) is 7.79. The van der Waals surface area contributed by atoms with Gasteiger partial charge >= 0.3 is 0 Å². The van der Waals surface area contributed by atoms with Gasteiger partial charge in [0.25, 0.3) is 0 Å². The van der Waals surface area contributed by atoms with Crippen molar-refractivity contribution in [3.05, 3.63) is 39.9 Å². The first-order valence-electron chi connectivity index (χ1n) is 4.47. The Morgan fingerprint density at radius 1 is 1.43 bits per heavy atom. The molecule has 0 amide bonds. The van der Waals surface area contributed by atoms with Gasteiger partial charge < -0.3 is 4.90 Å². The molecule has 0 N–H and O–H groups in total. The van der Waals surface area contributed by atoms with Crippen LogP contribution < -0.4 is 4.90 Å². The number of benzene rings is 1. The van der Waals surface area contributed by atoms with Crippen LogP contribution >= 0.6 is 0 Å². The van der Waals surface area contributed by atoms with Crippen molar-refractivity contribution in [2.75, 3.05) is 25.5 Å². The summed E-state index contributed by atoms with van der Waals surface area (Å²) in [6.45, 7) is -0.00309. The zero-order valence-electron chi connectivity index (χ0n) is 8.43. The molecule has 0 heterocycles. The van der Waals surface area contributed by atoms with Crippen LogP contribution in [0, 0.1) is 10.1 Å². The van der Waals surface area contributed by atoms with E-state index in [1.54, 1.807) is 0 Å². The third-order valence-electron chi connectivity index (χ3n) is 2.01. The molecule has 0 radical (unpaired) electrons. The van der Waals surface area contributed by atoms with Crippen molar-refractivity contribution in [3.8, 4) is 0 Å². The number of anilines is 1. The molecule has 4 heteroatoms. The van der Waals surface area contributed by atoms with Gasteiger partial charge in [-0.1, -0.05) is 12.1 Å². The van der Waals surface area contributed by atoms with Gasteiger partial charge in [-0.05, 0) is 17.7 Å². The number of rotatable bonds is 4. The van der Waals surface area contributed by atoms with Crippen LogP contribution in [0.3, 0.4) is 0 Å². The Kier molecular flexibility index (Phi) is 3.45. The first-order chi connectivity index (χ1) is 6.59. The maximum atomic E-state index is 10.2. The maximum absolute atomic E-state index is 10.2. The fourth-order valence-corrected chi connectivity index (χ4v) is 1.21. The van der Waals surface area contributed by atoms with Gasteiger partial charge in [0.1, 0.15) is 0 Å². The molecule has 0 saturated carbocycles. The van der Waals surface area contributed by atoms with Crippen LogP contribution in [0.2, 0.25) is 0 Å². The van der Waals surface area contributed by atoms with Gasteiger partial charge in [0.05, 0.1) is 0 Å². The van der Waals surface area contributed by atoms with Gasteiger partial charge in [0.15, 0.2) is 0 Å². The molecule has 1 aromatic rings. The molecule has 0 fully saturated rings. The van der Waals surface area contributed by atoms with Crippen LogP contribution in [0.4, 0.5) is 5.69 Å². The van der Waals surface area contributed by atoms with E-state index in [2.05, 4.69) is 0 Å². The minimum Gasteiger partial charge on any atom is -0.378 e. The Labute approximate surface area is 83.3 Å². The lowest BCUT2D eigenvalue weighted by Gasteiger charge is -2.12. The monoisotopic (exact) mass is 194 g/mol. The van der Waals surface area contributed by atoms with Crippen molar-refractivity contribution < 1.29 is 4.92 Å². The molecule has 1 aromatic carbocycles. The normalized spacial score (nSPS) is 9.86. The van der Waals surface area contributed by atoms with Crippen molar-refractivity contribution >= 4 is 5.69 Å². The summed E-state index contributed by atoms with van der Waals surface area (Å²) in [6.07, 6.45) is 0.495. The Morgan fingerprint density at radius 2 is 2.14 bits per heavy atom. The molecule has 0 atom stereocenters. The summed E-state index contributed by atoms with van der Waals surface area (Å²) in [7, 11) is 3.90. The molecular weight excluding hydrogens is 180 g/mol. The van der Waals surface area contributed by atoms with Crippen LogP contribution in [-0.4, -0.2) is 25.6 Å². The van der Waals surface area contributed by atoms with E-state index in [4.69, 9.17) is 0 Å². The Morgan fingerprint density at radius 3 is 2.71 bits per heavy atom. The molecule has 4 nitrogen and oxygen atoms in total. The van der Waals surface area contributed by atoms with E-state index in [0.717, 1.165) is 11.3 Å². The topological polar surface area (TPSA) is 46.4 Å². The summed E-state index contributed by atoms with van der Waals surface area (Å²) in [5.41, 5.74) is 2.08. The smallest absolute Gasteiger partial charge is 0.207 e. The van der Waals surface area contributed by atoms with Gasteiger partial charge in [0, 0.05) is 31.1 Å². The van der Waals surface area contributed by atoms with E-state index >= 15 is 0 Å². The molecule has 14 heavy (non-hydrogen) atoms. The van der Waals surface area contributed by atoms with Gasteiger partial charge in [-0.3, -0.25) is 10.1 Å². The van der Waals surface area contributed by atoms with Gasteiger partial charge in [0.2, 0.25) is 6.54 Å². The third kappa shape index (κ3) is 3.05. The number of nitro groups is 1. The summed E-state index contributed by atoms with van der Waals surface area (Å²) in [5, 5.41) is 10.2. The maximum Gasteiger partial charge on any atom is 0.207 e. The number of nitrogens with zero attached hydrogens (tertiary/aromatic N) is 2. The number of hydrogen-bond donors (Lipinski definition) is 0. The predicted molar refractivity (Wildman–Crippen MR) is 56.3 cm³/mol. The molecule has 0 aliphatic heterocycles. The van der Waals surface area contributed by atoms with E-state index in [-0.39, 0.29) is 11.5 Å². The van der Waals surface area contributed by atoms with Crippen LogP contribution in [-0.2, 0) is 6.42 Å². The lowest BCUT2D eigenvalue weighted by atomic mass is 10.1. The molecule has 0 bridgehead atoms. The van der Waals surface area contributed by atoms with E-state index < -0.39 is 0 Å². The van der Waals surface area contributed by atoms with Gasteiger partial charge in [-0.25, -0.2) is 0 Å². The van der Waals surface area contributed by atoms with Gasteiger partial charge in [-0.15, -0.1) is 0 Å². The minimum absolute atomic E-state index is 0.00309. The summed E-state index contributed by atoms with van der Waals surface area (Å²) >= 11 is 0. The first kappa shape index (κ1) is 10.5. The fourth-order valence-electron chi connectivity index (χ4n) is 1.21. The fraction of sp³-hybridized carbons (Fsp3) is 0.400. The minimum atomic E-state index is -0.289. The highest BCUT2D eigenvalue weighted by molar-refractivity contribution is 5.47. The standard InChI is InChI=1S/C10H14N2O2/c1-11(2)10-5-3-4-9(8-10)6-7-12(13)14/h3-5,8H,6-7H2,1-2H3. The van der Waals surface area contributed by atoms with Crippen molar-refractivity contribution in [3.63, 3.8) is 0 Å². The highest BCUT2D eigenvalue weighted by atomic mass is 16.6. The second kappa shape index (κ2) is 4.60. The Hall–Kier alpha value is -1.58. The van der Waals surface area contributed by atoms with E-state index in [0.29, 0.717) is 6.42 Å². The van der Waals surface area contributed by atoms with Crippen molar-refractivity contribution in [1.82, 2.24) is 0 Å². The van der Waals surface area contributed by atoms with Crippen molar-refractivity contribution in [2.45, 2.75) is 6.42 Å². The quantitative estimate of drug-likeness (QED) is 0.540. The summed E-state index contributed by atoms with van der Waals surface area (Å²) < 4.78 is 0. The molecule has 76 valence electrons. The second-order valence-corrected chi connectivity index (χ2v) is 3.37. The van der Waals surface area contributed by atoms with Crippen molar-refractivity contribution in [2.24, 2.45) is 0 Å². The number of hydrogen-bond acceptors (Lipinski definition) is 3. The molecule has 1 rings (SSSR count). The lowest BCUT2D eigenvalue weighted by molar-refractivity contribution is -0.479. The third-order valence-corrected chi connectivity index (χ3v) is 2.01. The lowest BCUT2D eigenvalue weighted by Crippen LogP contribution is -2.09. The summed E-state index contributed by atoms with van der Waals surface area (Å²) in [5.74, 6) is 0. The molecule has 0 aliphatic carbocycles. The second-order valence-electron chi connectivity index (χ2n) is 3.37. The van der Waals surface area contributed by atoms with E-state index in [1.807, 2.05) is 43.3 Å². The van der Waals surface area contributed by atoms with Gasteiger partial charge in [-0.2, -0.15) is 0 Å². The molecule has 0 saturated heterocycles. The van der Waals surface area contributed by atoms with Crippen LogP contribution in [0.5, 0.6) is 0 Å². The highest BCUT2D eigenvalue weighted by Gasteiger charge is 2.01. The molecule has 0 unspecified atom stereocenters. The van der Waals surface area contributed by atoms with E-state index in [9.17, 15) is 10.1 Å². The van der Waals surface area contributed by atoms with Crippen LogP contribution in [0.15, 0.2) is 24.3 Å². The Bertz CT molecular complexity index is 324. The zero-order valence-corrected chi connectivity index (χ0v) is 8.43. The molecule has 0 aliphatic rings.